The second-order valence-electron chi connectivity index (χ2n) is 6.43. The third-order valence-electron chi connectivity index (χ3n) is 4.56. The molecule has 1 aliphatic rings. The Morgan fingerprint density at radius 2 is 2.07 bits per heavy atom. The molecule has 1 aromatic heterocycles. The van der Waals surface area contributed by atoms with E-state index in [1.807, 2.05) is 0 Å². The van der Waals surface area contributed by atoms with Crippen molar-refractivity contribution in [2.75, 3.05) is 11.6 Å². The van der Waals surface area contributed by atoms with E-state index in [4.69, 9.17) is 11.6 Å². The van der Waals surface area contributed by atoms with E-state index in [2.05, 4.69) is 10.2 Å². The quantitative estimate of drug-likeness (QED) is 0.418. The number of benzene rings is 1. The lowest BCUT2D eigenvalue weighted by atomic mass is 10.0. The van der Waals surface area contributed by atoms with Crippen LogP contribution in [0.3, 0.4) is 0 Å². The molecule has 1 amide bonds. The Morgan fingerprint density at radius 3 is 2.68 bits per heavy atom. The van der Waals surface area contributed by atoms with Gasteiger partial charge < -0.3 is 10.6 Å². The number of rotatable bonds is 3. The molecule has 2 aromatic rings. The van der Waals surface area contributed by atoms with E-state index in [0.29, 0.717) is 17.6 Å². The molecule has 0 spiro atoms. The van der Waals surface area contributed by atoms with Crippen molar-refractivity contribution in [1.29, 1.82) is 0 Å². The van der Waals surface area contributed by atoms with Crippen molar-refractivity contribution in [2.24, 2.45) is 11.6 Å². The van der Waals surface area contributed by atoms with Crippen LogP contribution in [0.1, 0.15) is 29.3 Å². The van der Waals surface area contributed by atoms with Crippen molar-refractivity contribution >= 4 is 11.7 Å². The molecular formula is C17H18F4N6O. The van der Waals surface area contributed by atoms with Gasteiger partial charge in [0.05, 0.1) is 29.6 Å². The second kappa shape index (κ2) is 7.15. The zero-order valence-electron chi connectivity index (χ0n) is 14.8. The van der Waals surface area contributed by atoms with Crippen LogP contribution in [0.2, 0.25) is 0 Å². The van der Waals surface area contributed by atoms with Crippen molar-refractivity contribution in [1.82, 2.24) is 15.1 Å². The Labute approximate surface area is 157 Å². The smallest absolute Gasteiger partial charge is 0.399 e. The van der Waals surface area contributed by atoms with Gasteiger partial charge >= 0.3 is 6.18 Å². The number of amides is 1. The van der Waals surface area contributed by atoms with Gasteiger partial charge in [-0.15, -0.1) is 0 Å². The molecule has 1 aromatic carbocycles. The number of nitrogens with zero attached hydrogens (tertiary/aromatic N) is 3. The molecule has 5 N–H and O–H groups in total. The van der Waals surface area contributed by atoms with Gasteiger partial charge in [-0.25, -0.2) is 10.2 Å². The highest BCUT2D eigenvalue weighted by Crippen LogP contribution is 2.33. The Bertz CT molecular complexity index is 909. The summed E-state index contributed by atoms with van der Waals surface area (Å²) in [5, 5.41) is 7.77. The average Bonchev–Trinajstić information content (AvgIpc) is 3.16. The normalized spacial score (nSPS) is 17.8. The maximum Gasteiger partial charge on any atom is 0.419 e. The molecule has 150 valence electrons. The Morgan fingerprint density at radius 1 is 1.36 bits per heavy atom. The molecule has 1 unspecified atom stereocenters. The first-order chi connectivity index (χ1) is 13.1. The second-order valence-corrected chi connectivity index (χ2v) is 6.43. The van der Waals surface area contributed by atoms with Crippen molar-refractivity contribution < 1.29 is 22.4 Å². The number of H-pyrrole nitrogens is 1. The van der Waals surface area contributed by atoms with Gasteiger partial charge in [0.2, 0.25) is 0 Å². The maximum absolute atomic E-state index is 14.3. The van der Waals surface area contributed by atoms with E-state index in [9.17, 15) is 22.4 Å². The van der Waals surface area contributed by atoms with Crippen LogP contribution in [0.4, 0.5) is 23.4 Å². The van der Waals surface area contributed by atoms with E-state index in [1.165, 1.54) is 16.1 Å². The van der Waals surface area contributed by atoms with Gasteiger partial charge in [0.15, 0.2) is 0 Å². The number of anilines is 1. The van der Waals surface area contributed by atoms with E-state index in [0.717, 1.165) is 12.1 Å². The van der Waals surface area contributed by atoms with Gasteiger partial charge in [0, 0.05) is 24.2 Å². The Hall–Kier alpha value is -3.08. The van der Waals surface area contributed by atoms with Gasteiger partial charge in [-0.05, 0) is 19.1 Å². The number of hydrazine groups is 1. The zero-order chi connectivity index (χ0) is 20.6. The highest BCUT2D eigenvalue weighted by atomic mass is 19.4. The predicted molar refractivity (Wildman–Crippen MR) is 93.0 cm³/mol. The number of nitrogens with two attached hydrogens (primary N) is 2. The molecule has 1 atom stereocenters. The number of carbonyl (C=O) groups is 1. The number of hydrogen-bond donors (Lipinski definition) is 3. The first-order valence-electron chi connectivity index (χ1n) is 8.29. The van der Waals surface area contributed by atoms with Crippen LogP contribution in [0.5, 0.6) is 0 Å². The number of carbonyl (C=O) groups excluding carboxylic acids is 1. The molecule has 0 fully saturated rings. The summed E-state index contributed by atoms with van der Waals surface area (Å²) in [5.41, 5.74) is 4.68. The molecular weight excluding hydrogens is 380 g/mol. The molecule has 0 saturated heterocycles. The summed E-state index contributed by atoms with van der Waals surface area (Å²) in [4.78, 5) is 14.0. The molecule has 7 nitrogen and oxygen atoms in total. The van der Waals surface area contributed by atoms with Crippen LogP contribution in [0.25, 0.3) is 0 Å². The summed E-state index contributed by atoms with van der Waals surface area (Å²) in [5.74, 6) is 4.04. The Kier molecular flexibility index (Phi) is 5.02. The number of alkyl halides is 3. The number of hydrogen-bond acceptors (Lipinski definition) is 5. The van der Waals surface area contributed by atoms with Crippen LogP contribution in [-0.4, -0.2) is 33.6 Å². The number of nitrogens with one attached hydrogen (secondary N) is 1. The lowest BCUT2D eigenvalue weighted by Gasteiger charge is -2.37. The summed E-state index contributed by atoms with van der Waals surface area (Å²) in [7, 11) is 0. The van der Waals surface area contributed by atoms with Crippen LogP contribution in [0.15, 0.2) is 41.9 Å². The predicted octanol–water partition coefficient (Wildman–Crippen LogP) is 2.35. The number of aromatic nitrogens is 2. The summed E-state index contributed by atoms with van der Waals surface area (Å²) < 4.78 is 53.1. The molecule has 2 heterocycles. The fourth-order valence-corrected chi connectivity index (χ4v) is 3.08. The zero-order valence-corrected chi connectivity index (χ0v) is 14.8. The van der Waals surface area contributed by atoms with E-state index in [-0.39, 0.29) is 18.7 Å². The minimum Gasteiger partial charge on any atom is -0.399 e. The maximum atomic E-state index is 14.3. The van der Waals surface area contributed by atoms with Gasteiger partial charge in [-0.1, -0.05) is 6.07 Å². The van der Waals surface area contributed by atoms with Crippen molar-refractivity contribution in [2.45, 2.75) is 25.6 Å². The van der Waals surface area contributed by atoms with Crippen molar-refractivity contribution in [3.8, 4) is 0 Å². The fourth-order valence-electron chi connectivity index (χ4n) is 3.08. The first kappa shape index (κ1) is 19.7. The minimum atomic E-state index is -4.90. The Balaban J connectivity index is 1.89. The highest BCUT2D eigenvalue weighted by Gasteiger charge is 2.37. The summed E-state index contributed by atoms with van der Waals surface area (Å²) in [6, 6.07) is 3.76. The van der Waals surface area contributed by atoms with E-state index < -0.39 is 35.1 Å². The van der Waals surface area contributed by atoms with Crippen LogP contribution >= 0.6 is 0 Å². The van der Waals surface area contributed by atoms with Gasteiger partial charge in [0.1, 0.15) is 11.6 Å². The summed E-state index contributed by atoms with van der Waals surface area (Å²) in [6.07, 6.45) is -3.16. The molecule has 0 bridgehead atoms. The largest absolute Gasteiger partial charge is 0.419 e. The fraction of sp³-hybridized carbons (Fsp3) is 0.294. The monoisotopic (exact) mass is 398 g/mol. The molecule has 28 heavy (non-hydrogen) atoms. The molecule has 0 aliphatic carbocycles. The molecule has 3 rings (SSSR count). The van der Waals surface area contributed by atoms with E-state index in [1.54, 1.807) is 13.0 Å². The highest BCUT2D eigenvalue weighted by molar-refractivity contribution is 5.95. The van der Waals surface area contributed by atoms with Crippen molar-refractivity contribution in [3.05, 3.63) is 58.8 Å². The molecule has 11 heteroatoms. The molecule has 1 aliphatic heterocycles. The standard InChI is InChI=1S/C17H18F4N6O/c1-9-7-13(27(23)14-5-6-24-25-14)12(22)8-26(9)16(28)10-3-2-4-11(15(10)18)17(19,20)21/h2-6,9H,7-8,22-23H2,1H3,(H,24,25). The van der Waals surface area contributed by atoms with Crippen LogP contribution < -0.4 is 16.6 Å². The summed E-state index contributed by atoms with van der Waals surface area (Å²) in [6.45, 7) is 1.57. The number of aromatic amines is 1. The van der Waals surface area contributed by atoms with E-state index >= 15 is 0 Å². The van der Waals surface area contributed by atoms with Gasteiger partial charge in [-0.2, -0.15) is 18.3 Å². The summed E-state index contributed by atoms with van der Waals surface area (Å²) >= 11 is 0. The third kappa shape index (κ3) is 3.52. The first-order valence-corrected chi connectivity index (χ1v) is 8.29. The van der Waals surface area contributed by atoms with Crippen molar-refractivity contribution in [3.63, 3.8) is 0 Å². The molecule has 0 radical (unpaired) electrons. The van der Waals surface area contributed by atoms with Gasteiger partial charge in [0.25, 0.3) is 5.91 Å². The van der Waals surface area contributed by atoms with Crippen LogP contribution in [0, 0.1) is 5.82 Å². The lowest BCUT2D eigenvalue weighted by Crippen LogP contribution is -2.48. The van der Waals surface area contributed by atoms with Crippen LogP contribution in [-0.2, 0) is 6.18 Å². The minimum absolute atomic E-state index is 0.104. The molecule has 0 saturated carbocycles. The number of halogens is 4. The third-order valence-corrected chi connectivity index (χ3v) is 4.56. The SMILES string of the molecule is CC1CC(N(N)c2ccn[nH]2)=C(N)CN1C(=O)c1cccc(C(F)(F)F)c1F. The lowest BCUT2D eigenvalue weighted by molar-refractivity contribution is -0.140. The topological polar surface area (TPSA) is 104 Å². The van der Waals surface area contributed by atoms with Gasteiger partial charge in [-0.3, -0.25) is 14.9 Å². The average molecular weight is 398 g/mol.